The van der Waals surface area contributed by atoms with E-state index in [1.54, 1.807) is 0 Å². The van der Waals surface area contributed by atoms with Crippen molar-refractivity contribution < 1.29 is 19.4 Å². The van der Waals surface area contributed by atoms with Crippen LogP contribution in [0.25, 0.3) is 0 Å². The second-order valence-electron chi connectivity index (χ2n) is 3.11. The summed E-state index contributed by atoms with van der Waals surface area (Å²) in [6.45, 7) is 4.73. The smallest absolute Gasteiger partial charge is 0.407 e. The lowest BCUT2D eigenvalue weighted by Crippen LogP contribution is -2.35. The fourth-order valence-electron chi connectivity index (χ4n) is 0.834. The predicted octanol–water partition coefficient (Wildman–Crippen LogP) is -0.428. The number of alkyl carbamates (subject to hydrolysis) is 1. The van der Waals surface area contributed by atoms with Gasteiger partial charge < -0.3 is 20.1 Å². The summed E-state index contributed by atoms with van der Waals surface area (Å²) in [6, 6.07) is 0. The maximum atomic E-state index is 11.0. The largest absolute Gasteiger partial charge is 0.447 e. The molecule has 0 heterocycles. The highest BCUT2D eigenvalue weighted by atomic mass is 16.6. The molecule has 0 radical (unpaired) electrons. The summed E-state index contributed by atoms with van der Waals surface area (Å²) in [7, 11) is 0. The van der Waals surface area contributed by atoms with E-state index < -0.39 is 12.2 Å². The Morgan fingerprint density at radius 2 is 2.33 bits per heavy atom. The third-order valence-corrected chi connectivity index (χ3v) is 1.68. The predicted molar refractivity (Wildman–Crippen MR) is 54.3 cm³/mol. The molecule has 0 aromatic heterocycles. The van der Waals surface area contributed by atoms with Gasteiger partial charge in [0.05, 0.1) is 6.10 Å². The summed E-state index contributed by atoms with van der Waals surface area (Å²) < 4.78 is 4.65. The number of amides is 2. The van der Waals surface area contributed by atoms with Crippen molar-refractivity contribution in [3.8, 4) is 0 Å². The summed E-state index contributed by atoms with van der Waals surface area (Å²) in [6.07, 6.45) is -0.529. The number of rotatable bonds is 7. The molecular weight excluding hydrogens is 200 g/mol. The first-order valence-corrected chi connectivity index (χ1v) is 4.88. The second kappa shape index (κ2) is 8.05. The molecule has 0 bridgehead atoms. The molecule has 15 heavy (non-hydrogen) atoms. The Balaban J connectivity index is 3.50. The van der Waals surface area contributed by atoms with Gasteiger partial charge in [-0.3, -0.25) is 4.79 Å². The van der Waals surface area contributed by atoms with Crippen molar-refractivity contribution in [3.05, 3.63) is 0 Å². The molecule has 2 N–H and O–H groups in total. The quantitative estimate of drug-likeness (QED) is 0.568. The Hall–Kier alpha value is -1.30. The molecule has 0 aliphatic carbocycles. The summed E-state index contributed by atoms with van der Waals surface area (Å²) in [5, 5.41) is 11.3. The van der Waals surface area contributed by atoms with Crippen LogP contribution >= 0.6 is 0 Å². The molecule has 0 rings (SSSR count). The van der Waals surface area contributed by atoms with Crippen LogP contribution in [0.15, 0.2) is 0 Å². The van der Waals surface area contributed by atoms with E-state index in [0.717, 1.165) is 6.41 Å². The van der Waals surface area contributed by atoms with E-state index in [-0.39, 0.29) is 6.61 Å². The summed E-state index contributed by atoms with van der Waals surface area (Å²) in [4.78, 5) is 22.9. The standard InChI is InChI=1S/C9H18N2O4/c1-3-11(7-12)5-4-10-9(14)15-6-8(2)13/h7-8,13H,3-6H2,1-2H3,(H,10,14). The molecule has 6 heteroatoms. The number of carbonyl (C=O) groups excluding carboxylic acids is 2. The van der Waals surface area contributed by atoms with Crippen molar-refractivity contribution in [1.29, 1.82) is 0 Å². The Kier molecular flexibility index (Phi) is 7.35. The normalized spacial score (nSPS) is 11.7. The average molecular weight is 218 g/mol. The third kappa shape index (κ3) is 7.75. The fraction of sp³-hybridized carbons (Fsp3) is 0.778. The van der Waals surface area contributed by atoms with Gasteiger partial charge in [0.25, 0.3) is 0 Å². The molecule has 88 valence electrons. The van der Waals surface area contributed by atoms with Crippen molar-refractivity contribution in [3.63, 3.8) is 0 Å². The summed E-state index contributed by atoms with van der Waals surface area (Å²) in [5.41, 5.74) is 0. The molecule has 0 aromatic carbocycles. The molecular formula is C9H18N2O4. The number of hydrogen-bond acceptors (Lipinski definition) is 4. The van der Waals surface area contributed by atoms with E-state index in [4.69, 9.17) is 5.11 Å². The van der Waals surface area contributed by atoms with E-state index in [1.807, 2.05) is 6.92 Å². The van der Waals surface area contributed by atoms with Crippen molar-refractivity contribution in [2.45, 2.75) is 20.0 Å². The Labute approximate surface area is 89.2 Å². The van der Waals surface area contributed by atoms with Crippen LogP contribution in [0.3, 0.4) is 0 Å². The van der Waals surface area contributed by atoms with Gasteiger partial charge >= 0.3 is 6.09 Å². The Morgan fingerprint density at radius 3 is 2.80 bits per heavy atom. The summed E-state index contributed by atoms with van der Waals surface area (Å²) in [5.74, 6) is 0. The van der Waals surface area contributed by atoms with E-state index in [9.17, 15) is 9.59 Å². The van der Waals surface area contributed by atoms with Gasteiger partial charge in [0, 0.05) is 19.6 Å². The van der Waals surface area contributed by atoms with Gasteiger partial charge in [-0.1, -0.05) is 0 Å². The minimum atomic E-state index is -0.669. The van der Waals surface area contributed by atoms with E-state index in [1.165, 1.54) is 11.8 Å². The topological polar surface area (TPSA) is 78.9 Å². The fourth-order valence-corrected chi connectivity index (χ4v) is 0.834. The molecule has 0 spiro atoms. The maximum absolute atomic E-state index is 11.0. The van der Waals surface area contributed by atoms with E-state index >= 15 is 0 Å². The zero-order valence-corrected chi connectivity index (χ0v) is 9.10. The first-order valence-electron chi connectivity index (χ1n) is 4.88. The summed E-state index contributed by atoms with van der Waals surface area (Å²) >= 11 is 0. The van der Waals surface area contributed by atoms with Crippen LogP contribution in [0.2, 0.25) is 0 Å². The average Bonchev–Trinajstić information content (AvgIpc) is 2.21. The van der Waals surface area contributed by atoms with Crippen LogP contribution in [0.4, 0.5) is 4.79 Å². The molecule has 6 nitrogen and oxygen atoms in total. The number of hydrogen-bond donors (Lipinski definition) is 2. The van der Waals surface area contributed by atoms with Crippen LogP contribution in [-0.4, -0.2) is 54.9 Å². The lowest BCUT2D eigenvalue weighted by Gasteiger charge is -2.14. The van der Waals surface area contributed by atoms with Crippen LogP contribution in [-0.2, 0) is 9.53 Å². The first-order chi connectivity index (χ1) is 7.10. The molecule has 1 unspecified atom stereocenters. The number of aliphatic hydroxyl groups excluding tert-OH is 1. The van der Waals surface area contributed by atoms with Crippen LogP contribution < -0.4 is 5.32 Å². The highest BCUT2D eigenvalue weighted by Crippen LogP contribution is 1.84. The third-order valence-electron chi connectivity index (χ3n) is 1.68. The van der Waals surface area contributed by atoms with Crippen molar-refractivity contribution in [1.82, 2.24) is 10.2 Å². The van der Waals surface area contributed by atoms with Gasteiger partial charge in [-0.25, -0.2) is 4.79 Å². The molecule has 0 saturated heterocycles. The molecule has 0 aliphatic rings. The highest BCUT2D eigenvalue weighted by molar-refractivity contribution is 5.67. The van der Waals surface area contributed by atoms with Gasteiger partial charge in [0.1, 0.15) is 6.61 Å². The minimum absolute atomic E-state index is 0.0307. The monoisotopic (exact) mass is 218 g/mol. The van der Waals surface area contributed by atoms with Crippen LogP contribution in [0.5, 0.6) is 0 Å². The molecule has 0 aromatic rings. The lowest BCUT2D eigenvalue weighted by atomic mass is 10.4. The Bertz CT molecular complexity index is 197. The van der Waals surface area contributed by atoms with E-state index in [2.05, 4.69) is 10.1 Å². The number of nitrogens with zero attached hydrogens (tertiary/aromatic N) is 1. The van der Waals surface area contributed by atoms with Gasteiger partial charge in [-0.15, -0.1) is 0 Å². The van der Waals surface area contributed by atoms with Crippen molar-refractivity contribution >= 4 is 12.5 Å². The van der Waals surface area contributed by atoms with Gasteiger partial charge in [-0.2, -0.15) is 0 Å². The highest BCUT2D eigenvalue weighted by Gasteiger charge is 2.04. The first kappa shape index (κ1) is 13.7. The SMILES string of the molecule is CCN(C=O)CCNC(=O)OCC(C)O. The Morgan fingerprint density at radius 1 is 1.67 bits per heavy atom. The number of nitrogens with one attached hydrogen (secondary N) is 1. The molecule has 1 atom stereocenters. The van der Waals surface area contributed by atoms with Crippen molar-refractivity contribution in [2.75, 3.05) is 26.2 Å². The molecule has 2 amide bonds. The number of carbonyl (C=O) groups is 2. The zero-order chi connectivity index (χ0) is 11.7. The van der Waals surface area contributed by atoms with Gasteiger partial charge in [0.15, 0.2) is 0 Å². The van der Waals surface area contributed by atoms with Crippen LogP contribution in [0, 0.1) is 0 Å². The van der Waals surface area contributed by atoms with E-state index in [0.29, 0.717) is 19.6 Å². The van der Waals surface area contributed by atoms with Crippen LogP contribution in [0.1, 0.15) is 13.8 Å². The number of likely N-dealkylation sites (N-methyl/N-ethyl adjacent to an activating group) is 1. The zero-order valence-electron chi connectivity index (χ0n) is 9.10. The lowest BCUT2D eigenvalue weighted by molar-refractivity contribution is -0.117. The number of ether oxygens (including phenoxy) is 1. The molecule has 0 aliphatic heterocycles. The molecule has 0 fully saturated rings. The second-order valence-corrected chi connectivity index (χ2v) is 3.11. The minimum Gasteiger partial charge on any atom is -0.447 e. The van der Waals surface area contributed by atoms with Gasteiger partial charge in [-0.05, 0) is 13.8 Å². The maximum Gasteiger partial charge on any atom is 0.407 e. The van der Waals surface area contributed by atoms with Crippen molar-refractivity contribution in [2.24, 2.45) is 0 Å². The van der Waals surface area contributed by atoms with Gasteiger partial charge in [0.2, 0.25) is 6.41 Å². The number of aliphatic hydroxyl groups is 1. The molecule has 0 saturated carbocycles.